The number of fused-ring (bicyclic) bond motifs is 1. The van der Waals surface area contributed by atoms with Crippen molar-refractivity contribution in [1.82, 2.24) is 24.4 Å². The monoisotopic (exact) mass is 369 g/mol. The van der Waals surface area contributed by atoms with E-state index in [9.17, 15) is 4.79 Å². The quantitative estimate of drug-likeness (QED) is 0.669. The lowest BCUT2D eigenvalue weighted by Crippen LogP contribution is -2.44. The molecule has 0 spiro atoms. The van der Waals surface area contributed by atoms with Crippen molar-refractivity contribution in [3.63, 3.8) is 0 Å². The normalized spacial score (nSPS) is 17.0. The molecule has 0 bridgehead atoms. The van der Waals surface area contributed by atoms with E-state index in [2.05, 4.69) is 40.3 Å². The average molecular weight is 369 g/mol. The summed E-state index contributed by atoms with van der Waals surface area (Å²) in [6.07, 6.45) is 6.51. The van der Waals surface area contributed by atoms with Gasteiger partial charge in [-0.15, -0.1) is 11.3 Å². The molecular weight excluding hydrogens is 346 g/mol. The fourth-order valence-corrected chi connectivity index (χ4v) is 4.29. The smallest absolute Gasteiger partial charge is 0.259 e. The maximum Gasteiger partial charge on any atom is 0.259 e. The summed E-state index contributed by atoms with van der Waals surface area (Å²) in [5.41, 5.74) is 2.32. The molecule has 0 N–H and O–H groups in total. The van der Waals surface area contributed by atoms with Crippen LogP contribution < -0.4 is 0 Å². The summed E-state index contributed by atoms with van der Waals surface area (Å²) in [6, 6.07) is 4.33. The first kappa shape index (κ1) is 17.2. The van der Waals surface area contributed by atoms with Crippen molar-refractivity contribution < 1.29 is 4.79 Å². The third-order valence-corrected chi connectivity index (χ3v) is 6.07. The Labute approximate surface area is 157 Å². The van der Waals surface area contributed by atoms with Crippen LogP contribution in [0.3, 0.4) is 0 Å². The van der Waals surface area contributed by atoms with Crippen molar-refractivity contribution in [3.8, 4) is 0 Å². The molecule has 3 aromatic rings. The highest BCUT2D eigenvalue weighted by Crippen LogP contribution is 2.37. The van der Waals surface area contributed by atoms with Gasteiger partial charge in [0.1, 0.15) is 5.56 Å². The zero-order valence-electron chi connectivity index (χ0n) is 15.1. The predicted molar refractivity (Wildman–Crippen MR) is 102 cm³/mol. The summed E-state index contributed by atoms with van der Waals surface area (Å²) >= 11 is 1.71. The van der Waals surface area contributed by atoms with Crippen molar-refractivity contribution in [1.29, 1.82) is 0 Å². The van der Waals surface area contributed by atoms with Gasteiger partial charge < -0.3 is 4.90 Å². The SMILES string of the molecule is CCN(CC)Cc1cnc2c(C(=O)N3CC[C@H]3c3cccs3)cnn2c1. The molecule has 1 aliphatic heterocycles. The molecular formula is C19H23N5OS. The third-order valence-electron chi connectivity index (χ3n) is 5.09. The number of likely N-dealkylation sites (tertiary alicyclic amines) is 1. The highest BCUT2D eigenvalue weighted by Gasteiger charge is 2.35. The van der Waals surface area contributed by atoms with Gasteiger partial charge in [0.05, 0.1) is 12.2 Å². The third kappa shape index (κ3) is 3.01. The van der Waals surface area contributed by atoms with Crippen LogP contribution in [0.2, 0.25) is 0 Å². The Morgan fingerprint density at radius 1 is 1.35 bits per heavy atom. The van der Waals surface area contributed by atoms with Gasteiger partial charge in [-0.25, -0.2) is 9.50 Å². The zero-order chi connectivity index (χ0) is 18.1. The highest BCUT2D eigenvalue weighted by molar-refractivity contribution is 7.10. The number of amides is 1. The Kier molecular flexibility index (Phi) is 4.74. The zero-order valence-corrected chi connectivity index (χ0v) is 15.9. The molecule has 3 aromatic heterocycles. The Hall–Kier alpha value is -2.25. The van der Waals surface area contributed by atoms with Gasteiger partial charge >= 0.3 is 0 Å². The molecule has 7 heteroatoms. The van der Waals surface area contributed by atoms with E-state index in [1.165, 1.54) is 4.88 Å². The van der Waals surface area contributed by atoms with Gasteiger partial charge in [-0.05, 0) is 31.0 Å². The van der Waals surface area contributed by atoms with Gasteiger partial charge in [0.15, 0.2) is 5.65 Å². The minimum Gasteiger partial charge on any atom is -0.330 e. The number of aromatic nitrogens is 3. The molecule has 1 atom stereocenters. The van der Waals surface area contributed by atoms with Crippen LogP contribution in [0.5, 0.6) is 0 Å². The molecule has 4 heterocycles. The Morgan fingerprint density at radius 2 is 2.19 bits per heavy atom. The Bertz CT molecular complexity index is 900. The summed E-state index contributed by atoms with van der Waals surface area (Å²) in [4.78, 5) is 23.0. The minimum absolute atomic E-state index is 0.0219. The van der Waals surface area contributed by atoms with E-state index in [0.29, 0.717) is 11.2 Å². The summed E-state index contributed by atoms with van der Waals surface area (Å²) in [7, 11) is 0. The summed E-state index contributed by atoms with van der Waals surface area (Å²) in [5.74, 6) is 0.0219. The standard InChI is InChI=1S/C19H23N5OS/c1-3-22(4-2)12-14-10-20-18-15(11-21-24(18)13-14)19(25)23-8-7-16(23)17-6-5-9-26-17/h5-6,9-11,13,16H,3-4,7-8,12H2,1-2H3/t16-/m0/s1. The van der Waals surface area contributed by atoms with Gasteiger partial charge in [0.2, 0.25) is 0 Å². The van der Waals surface area contributed by atoms with E-state index in [-0.39, 0.29) is 11.9 Å². The van der Waals surface area contributed by atoms with Crippen molar-refractivity contribution in [2.45, 2.75) is 32.9 Å². The number of hydrogen-bond acceptors (Lipinski definition) is 5. The fourth-order valence-electron chi connectivity index (χ4n) is 3.41. The summed E-state index contributed by atoms with van der Waals surface area (Å²) < 4.78 is 1.73. The van der Waals surface area contributed by atoms with E-state index < -0.39 is 0 Å². The van der Waals surface area contributed by atoms with Gasteiger partial charge in [-0.3, -0.25) is 9.69 Å². The molecule has 26 heavy (non-hydrogen) atoms. The molecule has 1 aliphatic rings. The van der Waals surface area contributed by atoms with Gasteiger partial charge in [0, 0.05) is 35.9 Å². The molecule has 0 aromatic carbocycles. The number of hydrogen-bond donors (Lipinski definition) is 0. The highest BCUT2D eigenvalue weighted by atomic mass is 32.1. The lowest BCUT2D eigenvalue weighted by Gasteiger charge is -2.40. The molecule has 136 valence electrons. The van der Waals surface area contributed by atoms with Crippen molar-refractivity contribution in [2.24, 2.45) is 0 Å². The van der Waals surface area contributed by atoms with Crippen LogP contribution in [0.15, 0.2) is 36.1 Å². The first-order valence-electron chi connectivity index (χ1n) is 9.10. The van der Waals surface area contributed by atoms with Gasteiger partial charge in [-0.2, -0.15) is 5.10 Å². The average Bonchev–Trinajstić information content (AvgIpc) is 3.28. The maximum atomic E-state index is 13.0. The van der Waals surface area contributed by atoms with Crippen molar-refractivity contribution in [3.05, 3.63) is 52.1 Å². The first-order valence-corrected chi connectivity index (χ1v) is 9.98. The van der Waals surface area contributed by atoms with Crippen molar-refractivity contribution >= 4 is 22.9 Å². The van der Waals surface area contributed by atoms with E-state index in [4.69, 9.17) is 0 Å². The molecule has 6 nitrogen and oxygen atoms in total. The van der Waals surface area contributed by atoms with Crippen LogP contribution >= 0.6 is 11.3 Å². The largest absolute Gasteiger partial charge is 0.330 e. The summed E-state index contributed by atoms with van der Waals surface area (Å²) in [6.45, 7) is 7.92. The number of nitrogens with zero attached hydrogens (tertiary/aromatic N) is 5. The van der Waals surface area contributed by atoms with Gasteiger partial charge in [0.25, 0.3) is 5.91 Å². The summed E-state index contributed by atoms with van der Waals surface area (Å²) in [5, 5.41) is 6.44. The molecule has 1 amide bonds. The van der Waals surface area contributed by atoms with Crippen LogP contribution in [0, 0.1) is 0 Å². The van der Waals surface area contributed by atoms with E-state index in [1.807, 2.05) is 23.4 Å². The molecule has 1 saturated heterocycles. The van der Waals surface area contributed by atoms with E-state index >= 15 is 0 Å². The lowest BCUT2D eigenvalue weighted by atomic mass is 10.0. The molecule has 1 fully saturated rings. The first-order chi connectivity index (χ1) is 12.7. The Morgan fingerprint density at radius 3 is 2.85 bits per heavy atom. The topological polar surface area (TPSA) is 53.7 Å². The van der Waals surface area contributed by atoms with Crippen LogP contribution in [0.1, 0.15) is 47.1 Å². The molecule has 0 radical (unpaired) electrons. The van der Waals surface area contributed by atoms with Crippen LogP contribution in [0.4, 0.5) is 0 Å². The molecule has 0 aliphatic carbocycles. The minimum atomic E-state index is 0.0219. The molecule has 0 saturated carbocycles. The van der Waals surface area contributed by atoms with Gasteiger partial charge in [-0.1, -0.05) is 19.9 Å². The number of thiophene rings is 1. The Balaban J connectivity index is 1.56. The second kappa shape index (κ2) is 7.17. The van der Waals surface area contributed by atoms with Crippen LogP contribution in [-0.2, 0) is 6.54 Å². The second-order valence-electron chi connectivity index (χ2n) is 6.57. The predicted octanol–water partition coefficient (Wildman–Crippen LogP) is 3.22. The van der Waals surface area contributed by atoms with Crippen molar-refractivity contribution in [2.75, 3.05) is 19.6 Å². The molecule has 4 rings (SSSR count). The fraction of sp³-hybridized carbons (Fsp3) is 0.421. The number of carbonyl (C=O) groups excluding carboxylic acids is 1. The maximum absolute atomic E-state index is 13.0. The second-order valence-corrected chi connectivity index (χ2v) is 7.55. The van der Waals surface area contributed by atoms with Crippen LogP contribution in [0.25, 0.3) is 5.65 Å². The van der Waals surface area contributed by atoms with E-state index in [1.54, 1.807) is 22.0 Å². The van der Waals surface area contributed by atoms with E-state index in [0.717, 1.165) is 38.2 Å². The molecule has 0 unspecified atom stereocenters. The lowest BCUT2D eigenvalue weighted by molar-refractivity contribution is 0.0470. The van der Waals surface area contributed by atoms with Crippen LogP contribution in [-0.4, -0.2) is 49.9 Å². The number of rotatable bonds is 6. The number of carbonyl (C=O) groups is 1.